The molecule has 1 saturated heterocycles. The summed E-state index contributed by atoms with van der Waals surface area (Å²) in [6, 6.07) is 3.54. The Labute approximate surface area is 156 Å². The van der Waals surface area contributed by atoms with Gasteiger partial charge >= 0.3 is 6.18 Å². The highest BCUT2D eigenvalue weighted by Gasteiger charge is 2.32. The molecule has 5 nitrogen and oxygen atoms in total. The predicted molar refractivity (Wildman–Crippen MR) is 97.9 cm³/mol. The molecule has 1 fully saturated rings. The topological polar surface area (TPSA) is 50.2 Å². The van der Waals surface area contributed by atoms with Crippen molar-refractivity contribution in [1.82, 2.24) is 9.78 Å². The van der Waals surface area contributed by atoms with E-state index in [0.29, 0.717) is 5.69 Å². The molecule has 0 radical (unpaired) electrons. The van der Waals surface area contributed by atoms with Gasteiger partial charge in [0.05, 0.1) is 29.1 Å². The van der Waals surface area contributed by atoms with E-state index in [1.807, 2.05) is 18.7 Å². The molecule has 0 saturated carbocycles. The molecular formula is C19H23F3N4O. The first kappa shape index (κ1) is 19.3. The Morgan fingerprint density at radius 1 is 1.22 bits per heavy atom. The zero-order valence-electron chi connectivity index (χ0n) is 15.7. The molecule has 3 rings (SSSR count). The zero-order valence-corrected chi connectivity index (χ0v) is 15.7. The monoisotopic (exact) mass is 380 g/mol. The summed E-state index contributed by atoms with van der Waals surface area (Å²) in [6.45, 7) is 5.22. The zero-order chi connectivity index (χ0) is 19.8. The first-order chi connectivity index (χ1) is 12.7. The summed E-state index contributed by atoms with van der Waals surface area (Å²) in [5, 5.41) is 6.97. The minimum atomic E-state index is -4.46. The summed E-state index contributed by atoms with van der Waals surface area (Å²) in [7, 11) is 1.79. The van der Waals surface area contributed by atoms with Crippen molar-refractivity contribution < 1.29 is 18.0 Å². The van der Waals surface area contributed by atoms with Gasteiger partial charge in [0.1, 0.15) is 0 Å². The van der Waals surface area contributed by atoms with Crippen LogP contribution in [0, 0.1) is 13.8 Å². The number of anilines is 2. The summed E-state index contributed by atoms with van der Waals surface area (Å²) in [5.74, 6) is -0.353. The maximum absolute atomic E-state index is 13.1. The lowest BCUT2D eigenvalue weighted by Gasteiger charge is -2.23. The minimum Gasteiger partial charge on any atom is -0.370 e. The molecule has 0 bridgehead atoms. The van der Waals surface area contributed by atoms with Crippen molar-refractivity contribution in [3.05, 3.63) is 40.7 Å². The minimum absolute atomic E-state index is 0.0706. The molecule has 0 aliphatic carbocycles. The average molecular weight is 380 g/mol. The van der Waals surface area contributed by atoms with E-state index in [0.717, 1.165) is 55.0 Å². The number of hydrogen-bond donors (Lipinski definition) is 1. The van der Waals surface area contributed by atoms with Gasteiger partial charge in [0.2, 0.25) is 5.91 Å². The van der Waals surface area contributed by atoms with Gasteiger partial charge in [0, 0.05) is 31.4 Å². The fourth-order valence-electron chi connectivity index (χ4n) is 3.47. The first-order valence-electron chi connectivity index (χ1n) is 8.92. The summed E-state index contributed by atoms with van der Waals surface area (Å²) in [6.07, 6.45) is -2.41. The summed E-state index contributed by atoms with van der Waals surface area (Å²) in [5.41, 5.74) is 2.48. The molecule has 27 heavy (non-hydrogen) atoms. The molecular weight excluding hydrogens is 357 g/mol. The number of carbonyl (C=O) groups excluding carboxylic acids is 1. The van der Waals surface area contributed by atoms with E-state index in [4.69, 9.17) is 0 Å². The fraction of sp³-hybridized carbons (Fsp3) is 0.474. The van der Waals surface area contributed by atoms with Crippen molar-refractivity contribution in [1.29, 1.82) is 0 Å². The molecule has 1 aromatic heterocycles. The van der Waals surface area contributed by atoms with Gasteiger partial charge in [-0.25, -0.2) is 0 Å². The molecule has 0 spiro atoms. The van der Waals surface area contributed by atoms with Gasteiger partial charge in [-0.3, -0.25) is 9.48 Å². The van der Waals surface area contributed by atoms with E-state index < -0.39 is 11.7 Å². The number of aromatic nitrogens is 2. The number of rotatable bonds is 4. The number of benzene rings is 1. The van der Waals surface area contributed by atoms with Gasteiger partial charge in [-0.15, -0.1) is 0 Å². The Balaban J connectivity index is 1.87. The average Bonchev–Trinajstić information content (AvgIpc) is 3.19. The number of carbonyl (C=O) groups is 1. The molecule has 146 valence electrons. The largest absolute Gasteiger partial charge is 0.416 e. The number of alkyl halides is 3. The third-order valence-corrected chi connectivity index (χ3v) is 5.04. The van der Waals surface area contributed by atoms with Crippen LogP contribution in [0.15, 0.2) is 18.2 Å². The molecule has 0 atom stereocenters. The van der Waals surface area contributed by atoms with E-state index in [-0.39, 0.29) is 18.0 Å². The number of nitrogens with one attached hydrogen (secondary N) is 1. The quantitative estimate of drug-likeness (QED) is 0.877. The van der Waals surface area contributed by atoms with E-state index in [1.54, 1.807) is 11.7 Å². The van der Waals surface area contributed by atoms with Crippen LogP contribution in [0.4, 0.5) is 24.5 Å². The van der Waals surface area contributed by atoms with Gasteiger partial charge < -0.3 is 10.2 Å². The van der Waals surface area contributed by atoms with Crippen molar-refractivity contribution in [2.45, 2.75) is 39.3 Å². The summed E-state index contributed by atoms with van der Waals surface area (Å²) >= 11 is 0. The van der Waals surface area contributed by atoms with Gasteiger partial charge in [-0.05, 0) is 44.9 Å². The summed E-state index contributed by atoms with van der Waals surface area (Å²) < 4.78 is 41.1. The lowest BCUT2D eigenvalue weighted by atomic mass is 10.1. The Hall–Kier alpha value is -2.51. The SMILES string of the molecule is Cc1nn(C)c(C)c1CC(=O)Nc1cc(C(F)(F)F)ccc1N1CCCC1. The Morgan fingerprint density at radius 2 is 1.89 bits per heavy atom. The number of halogens is 3. The van der Waals surface area contributed by atoms with E-state index >= 15 is 0 Å². The maximum atomic E-state index is 13.1. The highest BCUT2D eigenvalue weighted by molar-refractivity contribution is 5.96. The smallest absolute Gasteiger partial charge is 0.370 e. The van der Waals surface area contributed by atoms with Crippen LogP contribution in [0.5, 0.6) is 0 Å². The molecule has 1 N–H and O–H groups in total. The van der Waals surface area contributed by atoms with Crippen molar-refractivity contribution >= 4 is 17.3 Å². The van der Waals surface area contributed by atoms with Gasteiger partial charge in [-0.1, -0.05) is 0 Å². The van der Waals surface area contributed by atoms with Crippen molar-refractivity contribution in [3.8, 4) is 0 Å². The van der Waals surface area contributed by atoms with Gasteiger partial charge in [0.25, 0.3) is 0 Å². The number of amides is 1. The first-order valence-corrected chi connectivity index (χ1v) is 8.92. The second-order valence-electron chi connectivity index (χ2n) is 6.92. The van der Waals surface area contributed by atoms with Crippen LogP contribution in [0.3, 0.4) is 0 Å². The molecule has 1 aliphatic rings. The second kappa shape index (κ2) is 7.25. The van der Waals surface area contributed by atoms with E-state index in [9.17, 15) is 18.0 Å². The molecule has 8 heteroatoms. The van der Waals surface area contributed by atoms with Crippen LogP contribution in [0.2, 0.25) is 0 Å². The van der Waals surface area contributed by atoms with Crippen LogP contribution in [0.25, 0.3) is 0 Å². The fourth-order valence-corrected chi connectivity index (χ4v) is 3.47. The van der Waals surface area contributed by atoms with Crippen LogP contribution >= 0.6 is 0 Å². The van der Waals surface area contributed by atoms with E-state index in [2.05, 4.69) is 10.4 Å². The molecule has 1 aromatic carbocycles. The number of hydrogen-bond acceptors (Lipinski definition) is 3. The number of nitrogens with zero attached hydrogens (tertiary/aromatic N) is 3. The predicted octanol–water partition coefficient (Wildman–Crippen LogP) is 3.84. The lowest BCUT2D eigenvalue weighted by molar-refractivity contribution is -0.137. The van der Waals surface area contributed by atoms with E-state index in [1.165, 1.54) is 6.07 Å². The Morgan fingerprint density at radius 3 is 2.44 bits per heavy atom. The molecule has 2 aromatic rings. The normalized spacial score (nSPS) is 14.7. The molecule has 0 unspecified atom stereocenters. The molecule has 1 amide bonds. The van der Waals surface area contributed by atoms with Crippen molar-refractivity contribution in [3.63, 3.8) is 0 Å². The van der Waals surface area contributed by atoms with Gasteiger partial charge in [0.15, 0.2) is 0 Å². The summed E-state index contributed by atoms with van der Waals surface area (Å²) in [4.78, 5) is 14.6. The van der Waals surface area contributed by atoms with Crippen LogP contribution in [-0.4, -0.2) is 28.8 Å². The van der Waals surface area contributed by atoms with Crippen LogP contribution < -0.4 is 10.2 Å². The van der Waals surface area contributed by atoms with Crippen molar-refractivity contribution in [2.24, 2.45) is 7.05 Å². The third kappa shape index (κ3) is 4.09. The standard InChI is InChI=1S/C19H23F3N4O/c1-12-15(13(2)25(3)24-12)11-18(27)23-16-10-14(19(20,21)22)6-7-17(16)26-8-4-5-9-26/h6-7,10H,4-5,8-9,11H2,1-3H3,(H,23,27). The van der Waals surface area contributed by atoms with Crippen molar-refractivity contribution in [2.75, 3.05) is 23.3 Å². The van der Waals surface area contributed by atoms with Crippen LogP contribution in [0.1, 0.15) is 35.4 Å². The maximum Gasteiger partial charge on any atom is 0.416 e. The third-order valence-electron chi connectivity index (χ3n) is 5.04. The molecule has 2 heterocycles. The number of aryl methyl sites for hydroxylation is 2. The second-order valence-corrected chi connectivity index (χ2v) is 6.92. The van der Waals surface area contributed by atoms with Gasteiger partial charge in [-0.2, -0.15) is 18.3 Å². The Kier molecular flexibility index (Phi) is 5.17. The molecule has 1 aliphatic heterocycles. The Bertz CT molecular complexity index is 851. The lowest BCUT2D eigenvalue weighted by Crippen LogP contribution is -2.22. The van der Waals surface area contributed by atoms with Crippen LogP contribution in [-0.2, 0) is 24.4 Å². The highest BCUT2D eigenvalue weighted by atomic mass is 19.4. The highest BCUT2D eigenvalue weighted by Crippen LogP contribution is 2.36.